The standard InChI is InChI=1S/C19H22N2O6S/c1-21(2)28(24,25)15-6-3-13(4-7-15)19(23)20-12-16(22)14-5-8-17-18(11-14)27-10-9-26-17/h3-8,11,16,22H,9-10,12H2,1-2H3,(H,20,23)/t16-/m0/s1. The van der Waals surface area contributed by atoms with Gasteiger partial charge in [-0.15, -0.1) is 0 Å². The van der Waals surface area contributed by atoms with Gasteiger partial charge in [-0.1, -0.05) is 6.07 Å². The van der Waals surface area contributed by atoms with Crippen LogP contribution in [0, 0.1) is 0 Å². The number of ether oxygens (including phenoxy) is 2. The molecular formula is C19H22N2O6S. The maximum absolute atomic E-state index is 12.3. The highest BCUT2D eigenvalue weighted by Crippen LogP contribution is 2.32. The normalized spacial score (nSPS) is 14.6. The van der Waals surface area contributed by atoms with Crippen molar-refractivity contribution in [2.75, 3.05) is 33.9 Å². The number of carbonyl (C=O) groups is 1. The van der Waals surface area contributed by atoms with E-state index in [0.717, 1.165) is 4.31 Å². The molecule has 150 valence electrons. The Morgan fingerprint density at radius 1 is 1.11 bits per heavy atom. The lowest BCUT2D eigenvalue weighted by atomic mass is 10.1. The Morgan fingerprint density at radius 3 is 2.39 bits per heavy atom. The Labute approximate surface area is 163 Å². The molecule has 1 aliphatic heterocycles. The zero-order valence-electron chi connectivity index (χ0n) is 15.6. The van der Waals surface area contributed by atoms with Gasteiger partial charge in [0.05, 0.1) is 11.0 Å². The number of amides is 1. The smallest absolute Gasteiger partial charge is 0.251 e. The number of fused-ring (bicyclic) bond motifs is 1. The molecule has 8 nitrogen and oxygen atoms in total. The van der Waals surface area contributed by atoms with Crippen LogP contribution in [-0.4, -0.2) is 57.6 Å². The SMILES string of the molecule is CN(C)S(=O)(=O)c1ccc(C(=O)NC[C@H](O)c2ccc3c(c2)OCCO3)cc1. The van der Waals surface area contributed by atoms with Crippen LogP contribution in [0.25, 0.3) is 0 Å². The van der Waals surface area contributed by atoms with Crippen LogP contribution in [0.15, 0.2) is 47.4 Å². The van der Waals surface area contributed by atoms with Crippen molar-refractivity contribution in [2.24, 2.45) is 0 Å². The van der Waals surface area contributed by atoms with Gasteiger partial charge in [-0.25, -0.2) is 12.7 Å². The first-order valence-corrected chi connectivity index (χ1v) is 10.1. The topological polar surface area (TPSA) is 105 Å². The van der Waals surface area contributed by atoms with Gasteiger partial charge in [0.15, 0.2) is 11.5 Å². The molecule has 1 aliphatic rings. The zero-order valence-corrected chi connectivity index (χ0v) is 16.4. The molecule has 0 saturated carbocycles. The van der Waals surface area contributed by atoms with Crippen molar-refractivity contribution in [1.29, 1.82) is 0 Å². The van der Waals surface area contributed by atoms with E-state index in [0.29, 0.717) is 35.8 Å². The number of carbonyl (C=O) groups excluding carboxylic acids is 1. The minimum absolute atomic E-state index is 0.00375. The predicted molar refractivity (Wildman–Crippen MR) is 102 cm³/mol. The summed E-state index contributed by atoms with van der Waals surface area (Å²) in [5, 5.41) is 13.0. The molecule has 0 bridgehead atoms. The first kappa shape index (κ1) is 20.1. The van der Waals surface area contributed by atoms with Crippen molar-refractivity contribution in [3.63, 3.8) is 0 Å². The summed E-state index contributed by atoms with van der Waals surface area (Å²) in [7, 11) is -0.670. The van der Waals surface area contributed by atoms with E-state index in [4.69, 9.17) is 9.47 Å². The number of aliphatic hydroxyl groups is 1. The number of aliphatic hydroxyl groups excluding tert-OH is 1. The van der Waals surface area contributed by atoms with E-state index >= 15 is 0 Å². The molecule has 1 atom stereocenters. The summed E-state index contributed by atoms with van der Waals surface area (Å²) >= 11 is 0. The van der Waals surface area contributed by atoms with E-state index in [-0.39, 0.29) is 11.4 Å². The third kappa shape index (κ3) is 4.27. The summed E-state index contributed by atoms with van der Waals surface area (Å²) in [6.07, 6.45) is -0.923. The molecule has 2 N–H and O–H groups in total. The fourth-order valence-electron chi connectivity index (χ4n) is 2.67. The van der Waals surface area contributed by atoms with Gasteiger partial charge in [0.2, 0.25) is 10.0 Å². The zero-order chi connectivity index (χ0) is 20.3. The van der Waals surface area contributed by atoms with Crippen LogP contribution >= 0.6 is 0 Å². The average molecular weight is 406 g/mol. The quantitative estimate of drug-likeness (QED) is 0.746. The van der Waals surface area contributed by atoms with Gasteiger partial charge in [-0.3, -0.25) is 4.79 Å². The van der Waals surface area contributed by atoms with E-state index in [1.165, 1.54) is 38.4 Å². The molecule has 3 rings (SSSR count). The van der Waals surface area contributed by atoms with E-state index in [2.05, 4.69) is 5.32 Å². The molecule has 9 heteroatoms. The monoisotopic (exact) mass is 406 g/mol. The highest BCUT2D eigenvalue weighted by molar-refractivity contribution is 7.89. The van der Waals surface area contributed by atoms with Crippen LogP contribution in [0.5, 0.6) is 11.5 Å². The Balaban J connectivity index is 1.62. The number of benzene rings is 2. The number of nitrogens with one attached hydrogen (secondary N) is 1. The number of rotatable bonds is 6. The van der Waals surface area contributed by atoms with Gasteiger partial charge < -0.3 is 19.9 Å². The average Bonchev–Trinajstić information content (AvgIpc) is 2.71. The van der Waals surface area contributed by atoms with E-state index in [1.807, 2.05) is 0 Å². The molecule has 0 radical (unpaired) electrons. The molecule has 2 aromatic carbocycles. The maximum Gasteiger partial charge on any atom is 0.251 e. The van der Waals surface area contributed by atoms with E-state index in [1.54, 1.807) is 18.2 Å². The third-order valence-electron chi connectivity index (χ3n) is 4.30. The van der Waals surface area contributed by atoms with Crippen LogP contribution in [0.2, 0.25) is 0 Å². The minimum Gasteiger partial charge on any atom is -0.486 e. The molecule has 0 saturated heterocycles. The number of sulfonamides is 1. The largest absolute Gasteiger partial charge is 0.486 e. The molecule has 0 aromatic heterocycles. The summed E-state index contributed by atoms with van der Waals surface area (Å²) in [4.78, 5) is 12.4. The molecule has 0 unspecified atom stereocenters. The summed E-state index contributed by atoms with van der Waals surface area (Å²) < 4.78 is 36.2. The molecule has 28 heavy (non-hydrogen) atoms. The van der Waals surface area contributed by atoms with Crippen molar-refractivity contribution >= 4 is 15.9 Å². The number of hydrogen-bond donors (Lipinski definition) is 2. The van der Waals surface area contributed by atoms with Crippen LogP contribution in [0.4, 0.5) is 0 Å². The summed E-state index contributed by atoms with van der Waals surface area (Å²) in [6.45, 7) is 0.929. The second-order valence-corrected chi connectivity index (χ2v) is 8.59. The van der Waals surface area contributed by atoms with Crippen molar-refractivity contribution in [2.45, 2.75) is 11.0 Å². The van der Waals surface area contributed by atoms with Gasteiger partial charge in [0.25, 0.3) is 5.91 Å². The summed E-state index contributed by atoms with van der Waals surface area (Å²) in [5.41, 5.74) is 0.893. The molecular weight excluding hydrogens is 384 g/mol. The molecule has 0 aliphatic carbocycles. The van der Waals surface area contributed by atoms with Gasteiger partial charge in [-0.05, 0) is 42.0 Å². The molecule has 1 amide bonds. The number of hydrogen-bond acceptors (Lipinski definition) is 6. The fourth-order valence-corrected chi connectivity index (χ4v) is 3.57. The van der Waals surface area contributed by atoms with Crippen molar-refractivity contribution in [3.05, 3.63) is 53.6 Å². The van der Waals surface area contributed by atoms with Crippen molar-refractivity contribution in [3.8, 4) is 11.5 Å². The number of nitrogens with zero attached hydrogens (tertiary/aromatic N) is 1. The molecule has 2 aromatic rings. The minimum atomic E-state index is -3.55. The van der Waals surface area contributed by atoms with Crippen LogP contribution in [-0.2, 0) is 10.0 Å². The Hall–Kier alpha value is -2.62. The summed E-state index contributed by atoms with van der Waals surface area (Å²) in [5.74, 6) is 0.774. The first-order chi connectivity index (χ1) is 13.3. The summed E-state index contributed by atoms with van der Waals surface area (Å²) in [6, 6.07) is 10.7. The van der Waals surface area contributed by atoms with E-state index < -0.39 is 22.0 Å². The van der Waals surface area contributed by atoms with E-state index in [9.17, 15) is 18.3 Å². The third-order valence-corrected chi connectivity index (χ3v) is 6.13. The molecule has 0 spiro atoms. The maximum atomic E-state index is 12.3. The second kappa shape index (κ2) is 8.17. The van der Waals surface area contributed by atoms with Crippen molar-refractivity contribution in [1.82, 2.24) is 9.62 Å². The van der Waals surface area contributed by atoms with Crippen LogP contribution in [0.1, 0.15) is 22.0 Å². The Bertz CT molecular complexity index is 957. The van der Waals surface area contributed by atoms with Crippen molar-refractivity contribution < 1.29 is 27.8 Å². The second-order valence-electron chi connectivity index (χ2n) is 6.44. The van der Waals surface area contributed by atoms with Gasteiger partial charge in [-0.2, -0.15) is 0 Å². The fraction of sp³-hybridized carbons (Fsp3) is 0.316. The highest BCUT2D eigenvalue weighted by Gasteiger charge is 2.19. The lowest BCUT2D eigenvalue weighted by molar-refractivity contribution is 0.0915. The first-order valence-electron chi connectivity index (χ1n) is 8.67. The molecule has 1 heterocycles. The lowest BCUT2D eigenvalue weighted by Crippen LogP contribution is -2.28. The van der Waals surface area contributed by atoms with Gasteiger partial charge >= 0.3 is 0 Å². The molecule has 0 fully saturated rings. The van der Waals surface area contributed by atoms with Crippen LogP contribution in [0.3, 0.4) is 0 Å². The van der Waals surface area contributed by atoms with Gasteiger partial charge in [0.1, 0.15) is 13.2 Å². The van der Waals surface area contributed by atoms with Crippen LogP contribution < -0.4 is 14.8 Å². The predicted octanol–water partition coefficient (Wildman–Crippen LogP) is 1.17. The van der Waals surface area contributed by atoms with Gasteiger partial charge in [0, 0.05) is 26.2 Å². The highest BCUT2D eigenvalue weighted by atomic mass is 32.2. The Kier molecular flexibility index (Phi) is 5.87. The lowest BCUT2D eigenvalue weighted by Gasteiger charge is -2.20. The Morgan fingerprint density at radius 2 is 1.75 bits per heavy atom.